The van der Waals surface area contributed by atoms with E-state index in [9.17, 15) is 4.79 Å². The first kappa shape index (κ1) is 12.6. The van der Waals surface area contributed by atoms with E-state index in [1.54, 1.807) is 13.0 Å². The van der Waals surface area contributed by atoms with Gasteiger partial charge in [0.25, 0.3) is 0 Å². The molecule has 1 aromatic carbocycles. The van der Waals surface area contributed by atoms with Crippen molar-refractivity contribution >= 4 is 30.4 Å². The Balaban J connectivity index is 2.57. The second-order valence-electron chi connectivity index (χ2n) is 3.04. The lowest BCUT2D eigenvalue weighted by atomic mass is 10.2. The Labute approximate surface area is 101 Å². The fourth-order valence-corrected chi connectivity index (χ4v) is 1.34. The van der Waals surface area contributed by atoms with Crippen LogP contribution in [-0.2, 0) is 9.53 Å². The second kappa shape index (κ2) is 6.95. The molecule has 1 aromatic rings. The van der Waals surface area contributed by atoms with Crippen molar-refractivity contribution in [3.63, 3.8) is 0 Å². The van der Waals surface area contributed by atoms with Gasteiger partial charge in [0, 0.05) is 11.8 Å². The van der Waals surface area contributed by atoms with Crippen molar-refractivity contribution in [2.45, 2.75) is 6.92 Å². The van der Waals surface area contributed by atoms with Crippen LogP contribution in [0.4, 0.5) is 5.69 Å². The van der Waals surface area contributed by atoms with Crippen LogP contribution in [0.15, 0.2) is 30.3 Å². The molecule has 1 N–H and O–H groups in total. The molecule has 0 aliphatic heterocycles. The normalized spacial score (nSPS) is 10.4. The van der Waals surface area contributed by atoms with E-state index < -0.39 is 0 Å². The number of hydrogen-bond acceptors (Lipinski definition) is 4. The van der Waals surface area contributed by atoms with E-state index in [1.807, 2.05) is 24.3 Å². The van der Waals surface area contributed by atoms with E-state index in [-0.39, 0.29) is 5.97 Å². The molecular formula is C12H15NO2S. The Hall–Kier alpha value is -1.42. The van der Waals surface area contributed by atoms with E-state index in [0.29, 0.717) is 12.5 Å². The second-order valence-corrected chi connectivity index (χ2v) is 3.36. The van der Waals surface area contributed by atoms with Crippen LogP contribution in [0.2, 0.25) is 0 Å². The molecule has 0 aliphatic carbocycles. The van der Waals surface area contributed by atoms with Gasteiger partial charge >= 0.3 is 5.97 Å². The molecule has 0 radical (unpaired) electrons. The van der Waals surface area contributed by atoms with Gasteiger partial charge in [-0.05, 0) is 30.7 Å². The largest absolute Gasteiger partial charge is 0.463 e. The van der Waals surface area contributed by atoms with Gasteiger partial charge in [-0.2, -0.15) is 12.6 Å². The fourth-order valence-electron chi connectivity index (χ4n) is 1.16. The minimum atomic E-state index is -0.319. The maximum absolute atomic E-state index is 11.1. The Morgan fingerprint density at radius 1 is 1.44 bits per heavy atom. The highest BCUT2D eigenvalue weighted by atomic mass is 32.1. The first-order valence-electron chi connectivity index (χ1n) is 5.06. The maximum Gasteiger partial charge on any atom is 0.330 e. The number of anilines is 1. The topological polar surface area (TPSA) is 38.3 Å². The first-order chi connectivity index (χ1) is 7.76. The van der Waals surface area contributed by atoms with E-state index >= 15 is 0 Å². The van der Waals surface area contributed by atoms with Crippen LogP contribution in [0.3, 0.4) is 0 Å². The van der Waals surface area contributed by atoms with Crippen molar-refractivity contribution in [2.24, 2.45) is 0 Å². The molecule has 4 heteroatoms. The molecule has 86 valence electrons. The summed E-state index contributed by atoms with van der Waals surface area (Å²) >= 11 is 4.06. The highest BCUT2D eigenvalue weighted by molar-refractivity contribution is 7.80. The van der Waals surface area contributed by atoms with Crippen molar-refractivity contribution in [3.05, 3.63) is 35.9 Å². The standard InChI is InChI=1S/C12H15NO2S/c1-2-15-12(14)8-5-10-3-6-11(7-4-10)13-9-16/h3-8,13,16H,2,9H2,1H3/b8-5+. The number of hydrogen-bond donors (Lipinski definition) is 2. The zero-order valence-electron chi connectivity index (χ0n) is 9.14. The molecular weight excluding hydrogens is 222 g/mol. The van der Waals surface area contributed by atoms with Gasteiger partial charge in [-0.1, -0.05) is 12.1 Å². The average Bonchev–Trinajstić information content (AvgIpc) is 2.29. The molecule has 0 fully saturated rings. The predicted octanol–water partition coefficient (Wildman–Crippen LogP) is 2.56. The molecule has 0 aliphatic rings. The summed E-state index contributed by atoms with van der Waals surface area (Å²) in [5.74, 6) is 0.276. The minimum absolute atomic E-state index is 0.319. The molecule has 0 amide bonds. The van der Waals surface area contributed by atoms with Gasteiger partial charge in [-0.3, -0.25) is 0 Å². The van der Waals surface area contributed by atoms with Gasteiger partial charge in [0.2, 0.25) is 0 Å². The molecule has 0 bridgehead atoms. The summed E-state index contributed by atoms with van der Waals surface area (Å²) in [5, 5.41) is 3.07. The SMILES string of the molecule is CCOC(=O)/C=C/c1ccc(NCS)cc1. The Morgan fingerprint density at radius 3 is 2.69 bits per heavy atom. The summed E-state index contributed by atoms with van der Waals surface area (Å²) in [7, 11) is 0. The molecule has 16 heavy (non-hydrogen) atoms. The monoisotopic (exact) mass is 237 g/mol. The molecule has 0 unspecified atom stereocenters. The van der Waals surface area contributed by atoms with Crippen LogP contribution < -0.4 is 5.32 Å². The van der Waals surface area contributed by atoms with Crippen LogP contribution in [0.25, 0.3) is 6.08 Å². The Morgan fingerprint density at radius 2 is 2.12 bits per heavy atom. The highest BCUT2D eigenvalue weighted by Crippen LogP contribution is 2.10. The smallest absolute Gasteiger partial charge is 0.330 e. The molecule has 1 rings (SSSR count). The number of carbonyl (C=O) groups is 1. The van der Waals surface area contributed by atoms with Crippen LogP contribution >= 0.6 is 12.6 Å². The number of rotatable bonds is 5. The lowest BCUT2D eigenvalue weighted by Gasteiger charge is -2.02. The van der Waals surface area contributed by atoms with Crippen LogP contribution in [0.5, 0.6) is 0 Å². The molecule has 0 spiro atoms. The quantitative estimate of drug-likeness (QED) is 0.358. The van der Waals surface area contributed by atoms with Crippen molar-refractivity contribution in [2.75, 3.05) is 17.8 Å². The predicted molar refractivity (Wildman–Crippen MR) is 69.6 cm³/mol. The number of ether oxygens (including phenoxy) is 1. The molecule has 0 atom stereocenters. The van der Waals surface area contributed by atoms with Crippen molar-refractivity contribution in [3.8, 4) is 0 Å². The molecule has 3 nitrogen and oxygen atoms in total. The molecule has 0 saturated carbocycles. The van der Waals surface area contributed by atoms with E-state index in [4.69, 9.17) is 4.74 Å². The summed E-state index contributed by atoms with van der Waals surface area (Å²) in [6, 6.07) is 7.70. The zero-order valence-corrected chi connectivity index (χ0v) is 10.0. The lowest BCUT2D eigenvalue weighted by Crippen LogP contribution is -1.98. The molecule has 0 aromatic heterocycles. The zero-order chi connectivity index (χ0) is 11.8. The average molecular weight is 237 g/mol. The number of esters is 1. The van der Waals surface area contributed by atoms with Crippen molar-refractivity contribution in [1.29, 1.82) is 0 Å². The van der Waals surface area contributed by atoms with Crippen LogP contribution in [-0.4, -0.2) is 18.5 Å². The summed E-state index contributed by atoms with van der Waals surface area (Å²) in [6.45, 7) is 2.18. The van der Waals surface area contributed by atoms with Gasteiger partial charge in [0.1, 0.15) is 0 Å². The summed E-state index contributed by atoms with van der Waals surface area (Å²) in [6.07, 6.45) is 3.15. The fraction of sp³-hybridized carbons (Fsp3) is 0.250. The summed E-state index contributed by atoms with van der Waals surface area (Å²) in [4.78, 5) is 11.1. The van der Waals surface area contributed by atoms with Gasteiger partial charge in [-0.15, -0.1) is 0 Å². The summed E-state index contributed by atoms with van der Waals surface area (Å²) < 4.78 is 4.78. The summed E-state index contributed by atoms with van der Waals surface area (Å²) in [5.41, 5.74) is 1.96. The van der Waals surface area contributed by atoms with Crippen LogP contribution in [0.1, 0.15) is 12.5 Å². The Bertz CT molecular complexity index is 360. The maximum atomic E-state index is 11.1. The molecule has 0 saturated heterocycles. The number of nitrogens with one attached hydrogen (secondary N) is 1. The molecule has 0 heterocycles. The third kappa shape index (κ3) is 4.40. The number of benzene rings is 1. The number of carbonyl (C=O) groups excluding carboxylic acids is 1. The van der Waals surface area contributed by atoms with Gasteiger partial charge in [0.15, 0.2) is 0 Å². The van der Waals surface area contributed by atoms with Crippen molar-refractivity contribution in [1.82, 2.24) is 0 Å². The lowest BCUT2D eigenvalue weighted by molar-refractivity contribution is -0.137. The van der Waals surface area contributed by atoms with E-state index in [2.05, 4.69) is 17.9 Å². The van der Waals surface area contributed by atoms with E-state index in [1.165, 1.54) is 6.08 Å². The van der Waals surface area contributed by atoms with E-state index in [0.717, 1.165) is 11.3 Å². The van der Waals surface area contributed by atoms with Crippen molar-refractivity contribution < 1.29 is 9.53 Å². The van der Waals surface area contributed by atoms with Crippen LogP contribution in [0, 0.1) is 0 Å². The highest BCUT2D eigenvalue weighted by Gasteiger charge is 1.94. The third-order valence-electron chi connectivity index (χ3n) is 1.89. The van der Waals surface area contributed by atoms with Gasteiger partial charge in [0.05, 0.1) is 12.5 Å². The Kier molecular flexibility index (Phi) is 5.50. The first-order valence-corrected chi connectivity index (χ1v) is 5.69. The number of thiol groups is 1. The minimum Gasteiger partial charge on any atom is -0.463 e. The third-order valence-corrected chi connectivity index (χ3v) is 2.05. The van der Waals surface area contributed by atoms with Gasteiger partial charge in [-0.25, -0.2) is 4.79 Å². The van der Waals surface area contributed by atoms with Gasteiger partial charge < -0.3 is 10.1 Å².